The third-order valence-electron chi connectivity index (χ3n) is 2.38. The van der Waals surface area contributed by atoms with Crippen LogP contribution in [0.3, 0.4) is 0 Å². The maximum Gasteiger partial charge on any atom is 0.378 e. The van der Waals surface area contributed by atoms with Crippen molar-refractivity contribution in [3.05, 3.63) is 24.6 Å². The third kappa shape index (κ3) is 2.00. The van der Waals surface area contributed by atoms with Crippen molar-refractivity contribution < 1.29 is 13.3 Å². The average molecular weight is 218 g/mol. The van der Waals surface area contributed by atoms with Crippen LogP contribution >= 0.6 is 0 Å². The summed E-state index contributed by atoms with van der Waals surface area (Å²) in [5.41, 5.74) is 3.58. The fourth-order valence-corrected chi connectivity index (χ4v) is 9.03. The lowest BCUT2D eigenvalue weighted by atomic mass is 11.3. The lowest BCUT2D eigenvalue weighted by Crippen LogP contribution is -2.63. The molecule has 0 saturated heterocycles. The first kappa shape index (κ1) is 12.8. The van der Waals surface area contributed by atoms with Crippen molar-refractivity contribution in [1.82, 2.24) is 0 Å². The summed E-state index contributed by atoms with van der Waals surface area (Å²) >= 11 is 0. The lowest BCUT2D eigenvalue weighted by Gasteiger charge is -2.35. The van der Waals surface area contributed by atoms with Crippen LogP contribution in [0, 0.1) is 0 Å². The van der Waals surface area contributed by atoms with Gasteiger partial charge in [-0.25, -0.2) is 0 Å². The first-order valence-corrected chi connectivity index (χ1v) is 9.36. The number of hydrogen-bond acceptors (Lipinski definition) is 3. The Balaban J connectivity index is 5.10. The molecule has 1 unspecified atom stereocenters. The number of hydrogen-bond donors (Lipinski definition) is 0. The van der Waals surface area contributed by atoms with E-state index in [1.807, 2.05) is 12.2 Å². The summed E-state index contributed by atoms with van der Waals surface area (Å²) in [6.07, 6.45) is 0. The smallest absolute Gasteiger partial charge is 0.378 e. The molecule has 0 aliphatic heterocycles. The molecule has 0 aromatic carbocycles. The molecule has 0 spiro atoms. The fourth-order valence-electron chi connectivity index (χ4n) is 1.23. The highest BCUT2D eigenvalue weighted by Gasteiger charge is 2.53. The van der Waals surface area contributed by atoms with E-state index in [-0.39, 0.29) is 0 Å². The zero-order chi connectivity index (χ0) is 10.5. The maximum atomic E-state index is 5.49. The van der Waals surface area contributed by atoms with Crippen LogP contribution in [-0.2, 0) is 13.3 Å². The van der Waals surface area contributed by atoms with E-state index in [1.165, 1.54) is 0 Å². The van der Waals surface area contributed by atoms with Gasteiger partial charge in [-0.1, -0.05) is 11.4 Å². The fraction of sp³-hybridized carbons (Fsp3) is 0.500. The second kappa shape index (κ2) is 4.87. The SMILES string of the molecule is C=C[Si](C)(OC)[Si](C=C)(OC)OC. The molecule has 13 heavy (non-hydrogen) atoms. The Labute approximate surface area is 82.2 Å². The molecule has 0 amide bonds. The third-order valence-corrected chi connectivity index (χ3v) is 14.4. The van der Waals surface area contributed by atoms with Crippen LogP contribution in [0.5, 0.6) is 0 Å². The molecule has 0 heterocycles. The maximum absolute atomic E-state index is 5.49. The molecular weight excluding hydrogens is 200 g/mol. The summed E-state index contributed by atoms with van der Waals surface area (Å²) in [5.74, 6) is 0. The summed E-state index contributed by atoms with van der Waals surface area (Å²) in [5, 5.41) is 0. The minimum atomic E-state index is -2.41. The second-order valence-corrected chi connectivity index (χ2v) is 13.5. The van der Waals surface area contributed by atoms with Gasteiger partial charge in [0.15, 0.2) is 0 Å². The molecule has 0 rings (SSSR count). The molecule has 0 bridgehead atoms. The zero-order valence-electron chi connectivity index (χ0n) is 8.79. The molecule has 0 aliphatic carbocycles. The van der Waals surface area contributed by atoms with Gasteiger partial charge >= 0.3 is 8.08 Å². The first-order chi connectivity index (χ1) is 6.05. The van der Waals surface area contributed by atoms with E-state index < -0.39 is 15.9 Å². The van der Waals surface area contributed by atoms with Crippen LogP contribution < -0.4 is 0 Å². The molecule has 3 nitrogen and oxygen atoms in total. The van der Waals surface area contributed by atoms with E-state index in [1.54, 1.807) is 27.0 Å². The van der Waals surface area contributed by atoms with Crippen LogP contribution in [-0.4, -0.2) is 37.2 Å². The van der Waals surface area contributed by atoms with Crippen LogP contribution in [0.25, 0.3) is 0 Å². The first-order valence-electron chi connectivity index (χ1n) is 3.98. The van der Waals surface area contributed by atoms with Gasteiger partial charge in [0.2, 0.25) is 0 Å². The molecule has 5 heteroatoms. The molecule has 76 valence electrons. The quantitative estimate of drug-likeness (QED) is 0.632. The Kier molecular flexibility index (Phi) is 4.79. The minimum Gasteiger partial charge on any atom is -0.413 e. The summed E-state index contributed by atoms with van der Waals surface area (Å²) < 4.78 is 16.4. The highest BCUT2D eigenvalue weighted by atomic mass is 29.3. The molecule has 0 aromatic heterocycles. The molecular formula is C8H18O3Si2. The van der Waals surface area contributed by atoms with Crippen LogP contribution in [0.15, 0.2) is 24.6 Å². The van der Waals surface area contributed by atoms with E-state index >= 15 is 0 Å². The Morgan fingerprint density at radius 1 is 0.923 bits per heavy atom. The van der Waals surface area contributed by atoms with Gasteiger partial charge in [0.1, 0.15) is 0 Å². The predicted molar refractivity (Wildman–Crippen MR) is 58.8 cm³/mol. The van der Waals surface area contributed by atoms with E-state index in [4.69, 9.17) is 13.3 Å². The van der Waals surface area contributed by atoms with Gasteiger partial charge in [0, 0.05) is 21.3 Å². The van der Waals surface area contributed by atoms with Crippen molar-refractivity contribution in [3.63, 3.8) is 0 Å². The van der Waals surface area contributed by atoms with E-state index in [2.05, 4.69) is 13.2 Å². The van der Waals surface area contributed by atoms with Gasteiger partial charge < -0.3 is 13.3 Å². The van der Waals surface area contributed by atoms with E-state index in [0.29, 0.717) is 0 Å². The number of rotatable bonds is 6. The van der Waals surface area contributed by atoms with Crippen molar-refractivity contribution in [1.29, 1.82) is 0 Å². The summed E-state index contributed by atoms with van der Waals surface area (Å²) in [6, 6.07) is 0. The van der Waals surface area contributed by atoms with E-state index in [0.717, 1.165) is 0 Å². The molecule has 0 saturated carbocycles. The van der Waals surface area contributed by atoms with Crippen LogP contribution in [0.4, 0.5) is 0 Å². The zero-order valence-corrected chi connectivity index (χ0v) is 10.8. The van der Waals surface area contributed by atoms with Gasteiger partial charge in [-0.2, -0.15) is 0 Å². The monoisotopic (exact) mass is 218 g/mol. The summed E-state index contributed by atoms with van der Waals surface area (Å²) in [7, 11) is 0.379. The van der Waals surface area contributed by atoms with Gasteiger partial charge in [0.05, 0.1) is 0 Å². The Bertz CT molecular complexity index is 192. The standard InChI is InChI=1S/C8H18O3Si2/c1-7-12(6,9-3)13(8-2,10-4)11-5/h7-8H,1-2H2,3-6H3. The second-order valence-electron chi connectivity index (χ2n) is 2.80. The van der Waals surface area contributed by atoms with Crippen LogP contribution in [0.2, 0.25) is 6.55 Å². The summed E-state index contributed by atoms with van der Waals surface area (Å²) in [4.78, 5) is 0. The van der Waals surface area contributed by atoms with Gasteiger partial charge in [-0.3, -0.25) is 0 Å². The van der Waals surface area contributed by atoms with Crippen molar-refractivity contribution >= 4 is 15.9 Å². The van der Waals surface area contributed by atoms with Gasteiger partial charge in [-0.15, -0.1) is 13.2 Å². The molecule has 0 fully saturated rings. The average Bonchev–Trinajstić information content (AvgIpc) is 2.20. The Hall–Kier alpha value is -0.206. The van der Waals surface area contributed by atoms with Gasteiger partial charge in [0.25, 0.3) is 7.83 Å². The molecule has 0 aliphatic rings. The molecule has 0 aromatic rings. The van der Waals surface area contributed by atoms with Gasteiger partial charge in [-0.05, 0) is 6.55 Å². The Morgan fingerprint density at radius 2 is 1.38 bits per heavy atom. The lowest BCUT2D eigenvalue weighted by molar-refractivity contribution is 0.263. The minimum absolute atomic E-state index is 1.63. The van der Waals surface area contributed by atoms with E-state index in [9.17, 15) is 0 Å². The largest absolute Gasteiger partial charge is 0.413 e. The predicted octanol–water partition coefficient (Wildman–Crippen LogP) is 1.47. The van der Waals surface area contributed by atoms with Crippen molar-refractivity contribution in [3.8, 4) is 0 Å². The molecule has 1 atom stereocenters. The molecule has 0 radical (unpaired) electrons. The highest BCUT2D eigenvalue weighted by molar-refractivity contribution is 7.38. The van der Waals surface area contributed by atoms with Crippen molar-refractivity contribution in [2.45, 2.75) is 6.55 Å². The topological polar surface area (TPSA) is 27.7 Å². The van der Waals surface area contributed by atoms with Crippen LogP contribution in [0.1, 0.15) is 0 Å². The van der Waals surface area contributed by atoms with Crippen molar-refractivity contribution in [2.75, 3.05) is 21.3 Å². The Morgan fingerprint density at radius 3 is 1.46 bits per heavy atom. The summed E-state index contributed by atoms with van der Waals surface area (Å²) in [6.45, 7) is 9.55. The van der Waals surface area contributed by atoms with Crippen molar-refractivity contribution in [2.24, 2.45) is 0 Å². The highest BCUT2D eigenvalue weighted by Crippen LogP contribution is 2.22. The molecule has 0 N–H and O–H groups in total. The normalized spacial score (nSPS) is 16.3.